The highest BCUT2D eigenvalue weighted by Crippen LogP contribution is 2.13. The van der Waals surface area contributed by atoms with E-state index in [0.29, 0.717) is 5.69 Å². The highest BCUT2D eigenvalue weighted by Gasteiger charge is 2.20. The van der Waals surface area contributed by atoms with Gasteiger partial charge in [0.2, 0.25) is 11.8 Å². The van der Waals surface area contributed by atoms with Crippen LogP contribution in [0.5, 0.6) is 0 Å². The number of amides is 2. The Balaban J connectivity index is 1.74. The fourth-order valence-electron chi connectivity index (χ4n) is 2.10. The van der Waals surface area contributed by atoms with Crippen LogP contribution in [0.25, 0.3) is 0 Å². The highest BCUT2D eigenvalue weighted by molar-refractivity contribution is 9.10. The highest BCUT2D eigenvalue weighted by atomic mass is 79.9. The first kappa shape index (κ1) is 15.0. The number of halogens is 1. The van der Waals surface area contributed by atoms with Crippen molar-refractivity contribution in [3.8, 4) is 0 Å². The number of hydrogen-bond acceptors (Lipinski definition) is 3. The number of hydrogen-bond donors (Lipinski definition) is 3. The van der Waals surface area contributed by atoms with Gasteiger partial charge in [-0.05, 0) is 43.7 Å². The van der Waals surface area contributed by atoms with Crippen LogP contribution < -0.4 is 16.0 Å². The average Bonchev–Trinajstić information content (AvgIpc) is 2.48. The Hall–Kier alpha value is -1.40. The van der Waals surface area contributed by atoms with Crippen molar-refractivity contribution >= 4 is 33.4 Å². The van der Waals surface area contributed by atoms with Crippen LogP contribution >= 0.6 is 15.9 Å². The lowest BCUT2D eigenvalue weighted by Crippen LogP contribution is -2.48. The fourth-order valence-corrected chi connectivity index (χ4v) is 2.37. The van der Waals surface area contributed by atoms with Gasteiger partial charge < -0.3 is 16.0 Å². The van der Waals surface area contributed by atoms with Crippen molar-refractivity contribution in [1.29, 1.82) is 0 Å². The summed E-state index contributed by atoms with van der Waals surface area (Å²) in [7, 11) is 0. The predicted molar refractivity (Wildman–Crippen MR) is 81.4 cm³/mol. The molecule has 1 heterocycles. The Morgan fingerprint density at radius 2 is 2.00 bits per heavy atom. The molecule has 2 amide bonds. The molecule has 1 aliphatic rings. The molecule has 3 N–H and O–H groups in total. The molecular weight excluding hydrogens is 322 g/mol. The standard InChI is InChI=1S/C14H18BrN3O2/c15-10-4-6-11(7-5-10)18-13(19)9-17-14(20)12-3-1-2-8-16-12/h4-7,12,16H,1-3,8-9H2,(H,17,20)(H,18,19). The second kappa shape index (κ2) is 7.40. The van der Waals surface area contributed by atoms with E-state index in [1.54, 1.807) is 12.1 Å². The number of nitrogens with one attached hydrogen (secondary N) is 3. The molecule has 0 bridgehead atoms. The number of carbonyl (C=O) groups excluding carboxylic acids is 2. The van der Waals surface area contributed by atoms with Crippen LogP contribution in [0, 0.1) is 0 Å². The van der Waals surface area contributed by atoms with E-state index < -0.39 is 0 Å². The molecule has 0 aliphatic carbocycles. The number of rotatable bonds is 4. The molecule has 0 saturated carbocycles. The largest absolute Gasteiger partial charge is 0.346 e. The van der Waals surface area contributed by atoms with E-state index in [9.17, 15) is 9.59 Å². The summed E-state index contributed by atoms with van der Waals surface area (Å²) in [6.07, 6.45) is 2.99. The van der Waals surface area contributed by atoms with Crippen LogP contribution in [-0.2, 0) is 9.59 Å². The maximum absolute atomic E-state index is 11.8. The van der Waals surface area contributed by atoms with Crippen molar-refractivity contribution in [1.82, 2.24) is 10.6 Å². The molecule has 1 aromatic rings. The SMILES string of the molecule is O=C(CNC(=O)C1CCCCN1)Nc1ccc(Br)cc1. The van der Waals surface area contributed by atoms with Gasteiger partial charge >= 0.3 is 0 Å². The number of benzene rings is 1. The van der Waals surface area contributed by atoms with E-state index in [1.165, 1.54) is 0 Å². The quantitative estimate of drug-likeness (QED) is 0.781. The maximum atomic E-state index is 11.8. The summed E-state index contributed by atoms with van der Waals surface area (Å²) in [6, 6.07) is 7.13. The topological polar surface area (TPSA) is 70.2 Å². The van der Waals surface area contributed by atoms with Crippen molar-refractivity contribution < 1.29 is 9.59 Å². The molecule has 5 nitrogen and oxygen atoms in total. The van der Waals surface area contributed by atoms with E-state index in [-0.39, 0.29) is 24.4 Å². The lowest BCUT2D eigenvalue weighted by atomic mass is 10.0. The van der Waals surface area contributed by atoms with Crippen LogP contribution in [0.4, 0.5) is 5.69 Å². The summed E-state index contributed by atoms with van der Waals surface area (Å²) in [5.74, 6) is -0.327. The van der Waals surface area contributed by atoms with Crippen LogP contribution in [0.15, 0.2) is 28.7 Å². The molecule has 1 aliphatic heterocycles. The molecule has 1 atom stereocenters. The van der Waals surface area contributed by atoms with Gasteiger partial charge in [0.25, 0.3) is 0 Å². The molecule has 2 rings (SSSR count). The first-order chi connectivity index (χ1) is 9.65. The zero-order valence-electron chi connectivity index (χ0n) is 11.1. The number of carbonyl (C=O) groups is 2. The summed E-state index contributed by atoms with van der Waals surface area (Å²) >= 11 is 3.33. The second-order valence-electron chi connectivity index (χ2n) is 4.78. The Morgan fingerprint density at radius 3 is 2.65 bits per heavy atom. The average molecular weight is 340 g/mol. The zero-order valence-corrected chi connectivity index (χ0v) is 12.7. The molecule has 0 radical (unpaired) electrons. The monoisotopic (exact) mass is 339 g/mol. The van der Waals surface area contributed by atoms with E-state index >= 15 is 0 Å². The molecule has 1 fully saturated rings. The van der Waals surface area contributed by atoms with E-state index in [4.69, 9.17) is 0 Å². The molecule has 108 valence electrons. The normalized spacial score (nSPS) is 18.4. The van der Waals surface area contributed by atoms with Crippen molar-refractivity contribution in [3.05, 3.63) is 28.7 Å². The minimum atomic E-state index is -0.225. The molecule has 6 heteroatoms. The van der Waals surface area contributed by atoms with Crippen molar-refractivity contribution in [2.24, 2.45) is 0 Å². The minimum Gasteiger partial charge on any atom is -0.346 e. The van der Waals surface area contributed by atoms with Crippen molar-refractivity contribution in [2.45, 2.75) is 25.3 Å². The smallest absolute Gasteiger partial charge is 0.243 e. The van der Waals surface area contributed by atoms with Gasteiger partial charge in [-0.2, -0.15) is 0 Å². The van der Waals surface area contributed by atoms with E-state index in [0.717, 1.165) is 30.3 Å². The summed E-state index contributed by atoms with van der Waals surface area (Å²) < 4.78 is 0.951. The summed E-state index contributed by atoms with van der Waals surface area (Å²) in [4.78, 5) is 23.6. The van der Waals surface area contributed by atoms with Crippen LogP contribution in [0.2, 0.25) is 0 Å². The zero-order chi connectivity index (χ0) is 14.4. The van der Waals surface area contributed by atoms with Gasteiger partial charge in [-0.1, -0.05) is 22.4 Å². The third-order valence-corrected chi connectivity index (χ3v) is 3.71. The van der Waals surface area contributed by atoms with Crippen molar-refractivity contribution in [2.75, 3.05) is 18.4 Å². The summed E-state index contributed by atoms with van der Waals surface area (Å²) in [5, 5.41) is 8.54. The van der Waals surface area contributed by atoms with Crippen LogP contribution in [0.1, 0.15) is 19.3 Å². The molecule has 20 heavy (non-hydrogen) atoms. The van der Waals surface area contributed by atoms with Gasteiger partial charge in [-0.15, -0.1) is 0 Å². The summed E-state index contributed by atoms with van der Waals surface area (Å²) in [6.45, 7) is 0.857. The molecular formula is C14H18BrN3O2. The van der Waals surface area contributed by atoms with Gasteiger partial charge in [0.05, 0.1) is 12.6 Å². The first-order valence-corrected chi connectivity index (χ1v) is 7.51. The Kier molecular flexibility index (Phi) is 5.55. The molecule has 1 unspecified atom stereocenters. The Morgan fingerprint density at radius 1 is 1.25 bits per heavy atom. The van der Waals surface area contributed by atoms with E-state index in [1.807, 2.05) is 12.1 Å². The van der Waals surface area contributed by atoms with Gasteiger partial charge in [0.15, 0.2) is 0 Å². The summed E-state index contributed by atoms with van der Waals surface area (Å²) in [5.41, 5.74) is 0.711. The Bertz CT molecular complexity index is 470. The van der Waals surface area contributed by atoms with Gasteiger partial charge in [0.1, 0.15) is 0 Å². The van der Waals surface area contributed by atoms with Gasteiger partial charge in [-0.3, -0.25) is 9.59 Å². The van der Waals surface area contributed by atoms with E-state index in [2.05, 4.69) is 31.9 Å². The number of anilines is 1. The number of piperidine rings is 1. The Labute approximate surface area is 126 Å². The predicted octanol–water partition coefficient (Wildman–Crippen LogP) is 1.65. The van der Waals surface area contributed by atoms with Gasteiger partial charge in [0, 0.05) is 10.2 Å². The molecule has 1 saturated heterocycles. The second-order valence-corrected chi connectivity index (χ2v) is 5.69. The fraction of sp³-hybridized carbons (Fsp3) is 0.429. The molecule has 0 aromatic heterocycles. The van der Waals surface area contributed by atoms with Gasteiger partial charge in [-0.25, -0.2) is 0 Å². The maximum Gasteiger partial charge on any atom is 0.243 e. The van der Waals surface area contributed by atoms with Crippen LogP contribution in [-0.4, -0.2) is 30.9 Å². The molecule has 1 aromatic carbocycles. The third kappa shape index (κ3) is 4.61. The van der Waals surface area contributed by atoms with Crippen molar-refractivity contribution in [3.63, 3.8) is 0 Å². The lowest BCUT2D eigenvalue weighted by molar-refractivity contribution is -0.126. The third-order valence-electron chi connectivity index (χ3n) is 3.18. The van der Waals surface area contributed by atoms with Crippen LogP contribution in [0.3, 0.4) is 0 Å². The minimum absolute atomic E-state index is 0.00687. The lowest BCUT2D eigenvalue weighted by Gasteiger charge is -2.22. The first-order valence-electron chi connectivity index (χ1n) is 6.71. The molecule has 0 spiro atoms.